The number of benzene rings is 1. The van der Waals surface area contributed by atoms with Gasteiger partial charge in [0.1, 0.15) is 0 Å². The maximum absolute atomic E-state index is 12.0. The lowest BCUT2D eigenvalue weighted by Gasteiger charge is -2.09. The molecule has 1 aromatic carbocycles. The van der Waals surface area contributed by atoms with Crippen molar-refractivity contribution in [1.29, 1.82) is 0 Å². The van der Waals surface area contributed by atoms with E-state index in [1.165, 1.54) is 25.2 Å². The molecule has 0 unspecified atom stereocenters. The molecule has 0 aliphatic carbocycles. The maximum atomic E-state index is 12.0. The zero-order valence-electron chi connectivity index (χ0n) is 11.3. The number of nitrogens with two attached hydrogens (primary N) is 1. The van der Waals surface area contributed by atoms with Crippen LogP contribution in [0.2, 0.25) is 5.02 Å². The minimum absolute atomic E-state index is 0.0482. The molecule has 2 amide bonds. The van der Waals surface area contributed by atoms with Crippen LogP contribution in [0.15, 0.2) is 23.1 Å². The van der Waals surface area contributed by atoms with Crippen molar-refractivity contribution in [2.75, 3.05) is 13.6 Å². The van der Waals surface area contributed by atoms with Crippen molar-refractivity contribution >= 4 is 33.4 Å². The molecule has 0 saturated carbocycles. The Balaban J connectivity index is 2.84. The first-order chi connectivity index (χ1) is 9.77. The quantitative estimate of drug-likeness (QED) is 0.619. The number of nitrogens with one attached hydrogen (secondary N) is 2. The van der Waals surface area contributed by atoms with Crippen molar-refractivity contribution in [1.82, 2.24) is 10.0 Å². The third-order valence-corrected chi connectivity index (χ3v) is 4.39. The van der Waals surface area contributed by atoms with Crippen LogP contribution in [0.3, 0.4) is 0 Å². The standard InChI is InChI=1S/C12H16ClN3O4S/c1-15-21(19,20)8-4-5-10(13)9(7-8)12(18)16-6-2-3-11(14)17/h4-5,7,15H,2-3,6H2,1H3,(H2,14,17)(H,16,18). The van der Waals surface area contributed by atoms with E-state index in [2.05, 4.69) is 10.0 Å². The molecule has 0 aromatic heterocycles. The highest BCUT2D eigenvalue weighted by Crippen LogP contribution is 2.20. The van der Waals surface area contributed by atoms with Gasteiger partial charge in [0, 0.05) is 13.0 Å². The summed E-state index contributed by atoms with van der Waals surface area (Å²) in [7, 11) is -2.39. The van der Waals surface area contributed by atoms with Crippen molar-refractivity contribution in [2.24, 2.45) is 5.73 Å². The number of hydrogen-bond donors (Lipinski definition) is 3. The largest absolute Gasteiger partial charge is 0.370 e. The molecular weight excluding hydrogens is 318 g/mol. The summed E-state index contributed by atoms with van der Waals surface area (Å²) in [6.07, 6.45) is 0.551. The number of carbonyl (C=O) groups is 2. The first-order valence-electron chi connectivity index (χ1n) is 6.07. The summed E-state index contributed by atoms with van der Waals surface area (Å²) in [5, 5.41) is 2.68. The van der Waals surface area contributed by atoms with Crippen LogP contribution in [-0.4, -0.2) is 33.8 Å². The second-order valence-electron chi connectivity index (χ2n) is 4.17. The second kappa shape index (κ2) is 7.39. The van der Waals surface area contributed by atoms with Crippen molar-refractivity contribution < 1.29 is 18.0 Å². The molecule has 0 bridgehead atoms. The number of carbonyl (C=O) groups excluding carboxylic acids is 2. The zero-order valence-corrected chi connectivity index (χ0v) is 12.9. The highest BCUT2D eigenvalue weighted by atomic mass is 35.5. The lowest BCUT2D eigenvalue weighted by atomic mass is 10.2. The summed E-state index contributed by atoms with van der Waals surface area (Å²) in [4.78, 5) is 22.5. The van der Waals surface area contributed by atoms with Crippen LogP contribution in [0.5, 0.6) is 0 Å². The highest BCUT2D eigenvalue weighted by molar-refractivity contribution is 7.89. The Morgan fingerprint density at radius 1 is 1.33 bits per heavy atom. The van der Waals surface area contributed by atoms with E-state index >= 15 is 0 Å². The summed E-state index contributed by atoms with van der Waals surface area (Å²) in [6, 6.07) is 3.83. The molecule has 1 aromatic rings. The number of hydrogen-bond acceptors (Lipinski definition) is 4. The van der Waals surface area contributed by atoms with Crippen LogP contribution in [0.1, 0.15) is 23.2 Å². The van der Waals surface area contributed by atoms with Gasteiger partial charge in [-0.05, 0) is 31.7 Å². The average Bonchev–Trinajstić information content (AvgIpc) is 2.43. The molecule has 0 atom stereocenters. The predicted molar refractivity (Wildman–Crippen MR) is 78.5 cm³/mol. The smallest absolute Gasteiger partial charge is 0.252 e. The van der Waals surface area contributed by atoms with Gasteiger partial charge < -0.3 is 11.1 Å². The second-order valence-corrected chi connectivity index (χ2v) is 6.47. The average molecular weight is 334 g/mol. The van der Waals surface area contributed by atoms with Gasteiger partial charge in [-0.1, -0.05) is 11.6 Å². The predicted octanol–water partition coefficient (Wildman–Crippen LogP) is 0.243. The van der Waals surface area contributed by atoms with Crippen molar-refractivity contribution in [3.8, 4) is 0 Å². The fourth-order valence-electron chi connectivity index (χ4n) is 1.52. The van der Waals surface area contributed by atoms with Crippen LogP contribution in [0.25, 0.3) is 0 Å². The number of primary amides is 1. The lowest BCUT2D eigenvalue weighted by Crippen LogP contribution is -2.26. The van der Waals surface area contributed by atoms with Crippen LogP contribution >= 0.6 is 11.6 Å². The van der Waals surface area contributed by atoms with Gasteiger partial charge in [0.15, 0.2) is 0 Å². The molecule has 0 heterocycles. The first kappa shape index (κ1) is 17.4. The molecule has 0 fully saturated rings. The first-order valence-corrected chi connectivity index (χ1v) is 7.93. The Morgan fingerprint density at radius 3 is 2.57 bits per heavy atom. The Labute approximate surface area is 127 Å². The van der Waals surface area contributed by atoms with Gasteiger partial charge in [-0.15, -0.1) is 0 Å². The maximum Gasteiger partial charge on any atom is 0.252 e. The molecule has 116 valence electrons. The van der Waals surface area contributed by atoms with Gasteiger partial charge in [0.25, 0.3) is 5.91 Å². The van der Waals surface area contributed by atoms with Crippen LogP contribution < -0.4 is 15.8 Å². The van der Waals surface area contributed by atoms with E-state index < -0.39 is 21.8 Å². The summed E-state index contributed by atoms with van der Waals surface area (Å²) in [6.45, 7) is 0.237. The van der Waals surface area contributed by atoms with E-state index in [4.69, 9.17) is 17.3 Å². The molecule has 0 saturated heterocycles. The van der Waals surface area contributed by atoms with Gasteiger partial charge in [-0.3, -0.25) is 9.59 Å². The van der Waals surface area contributed by atoms with E-state index in [9.17, 15) is 18.0 Å². The van der Waals surface area contributed by atoms with Crippen molar-refractivity contribution in [2.45, 2.75) is 17.7 Å². The van der Waals surface area contributed by atoms with Gasteiger partial charge in [0.05, 0.1) is 15.5 Å². The van der Waals surface area contributed by atoms with E-state index in [0.717, 1.165) is 0 Å². The molecule has 0 radical (unpaired) electrons. The summed E-state index contributed by atoms with van der Waals surface area (Å²) in [5.74, 6) is -0.970. The fourth-order valence-corrected chi connectivity index (χ4v) is 2.48. The van der Waals surface area contributed by atoms with E-state index in [1.807, 2.05) is 0 Å². The Kier molecular flexibility index (Phi) is 6.13. The summed E-state index contributed by atoms with van der Waals surface area (Å²) in [5.41, 5.74) is 5.03. The topological polar surface area (TPSA) is 118 Å². The molecule has 1 rings (SSSR count). The fraction of sp³-hybridized carbons (Fsp3) is 0.333. The summed E-state index contributed by atoms with van der Waals surface area (Å²) >= 11 is 5.90. The molecule has 0 aliphatic heterocycles. The molecule has 0 spiro atoms. The SMILES string of the molecule is CNS(=O)(=O)c1ccc(Cl)c(C(=O)NCCCC(N)=O)c1. The molecular formula is C12H16ClN3O4S. The van der Waals surface area contributed by atoms with E-state index in [1.54, 1.807) is 0 Å². The van der Waals surface area contributed by atoms with Gasteiger partial charge in [-0.2, -0.15) is 0 Å². The minimum atomic E-state index is -3.66. The molecule has 9 heteroatoms. The number of sulfonamides is 1. The third kappa shape index (κ3) is 5.00. The van der Waals surface area contributed by atoms with Gasteiger partial charge >= 0.3 is 0 Å². The lowest BCUT2D eigenvalue weighted by molar-refractivity contribution is -0.118. The molecule has 0 aliphatic rings. The third-order valence-electron chi connectivity index (χ3n) is 2.65. The van der Waals surface area contributed by atoms with E-state index in [0.29, 0.717) is 6.42 Å². The van der Waals surface area contributed by atoms with Gasteiger partial charge in [0.2, 0.25) is 15.9 Å². The Hall–Kier alpha value is -1.64. The van der Waals surface area contributed by atoms with Gasteiger partial charge in [-0.25, -0.2) is 13.1 Å². The number of halogens is 1. The van der Waals surface area contributed by atoms with E-state index in [-0.39, 0.29) is 28.4 Å². The monoisotopic (exact) mass is 333 g/mol. The number of rotatable bonds is 7. The molecule has 4 N–H and O–H groups in total. The highest BCUT2D eigenvalue weighted by Gasteiger charge is 2.17. The molecule has 21 heavy (non-hydrogen) atoms. The summed E-state index contributed by atoms with van der Waals surface area (Å²) < 4.78 is 25.5. The molecule has 7 nitrogen and oxygen atoms in total. The number of amides is 2. The Morgan fingerprint density at radius 2 is 2.00 bits per heavy atom. The normalized spacial score (nSPS) is 11.1. The van der Waals surface area contributed by atoms with Crippen LogP contribution in [-0.2, 0) is 14.8 Å². The minimum Gasteiger partial charge on any atom is -0.370 e. The van der Waals surface area contributed by atoms with Crippen LogP contribution in [0, 0.1) is 0 Å². The Bertz CT molecular complexity index is 646. The zero-order chi connectivity index (χ0) is 16.0. The van der Waals surface area contributed by atoms with Crippen molar-refractivity contribution in [3.05, 3.63) is 28.8 Å². The van der Waals surface area contributed by atoms with Crippen LogP contribution in [0.4, 0.5) is 0 Å². The van der Waals surface area contributed by atoms with Crippen molar-refractivity contribution in [3.63, 3.8) is 0 Å².